The second-order valence-electron chi connectivity index (χ2n) is 6.96. The van der Waals surface area contributed by atoms with Crippen LogP contribution < -0.4 is 10.9 Å². The highest BCUT2D eigenvalue weighted by Gasteiger charge is 2.38. The fourth-order valence-electron chi connectivity index (χ4n) is 4.01. The third-order valence-electron chi connectivity index (χ3n) is 5.27. The van der Waals surface area contributed by atoms with Gasteiger partial charge in [-0.05, 0) is 24.3 Å². The van der Waals surface area contributed by atoms with Gasteiger partial charge in [0.2, 0.25) is 22.4 Å². The van der Waals surface area contributed by atoms with Gasteiger partial charge in [0.25, 0.3) is 0 Å². The van der Waals surface area contributed by atoms with Gasteiger partial charge in [0.15, 0.2) is 0 Å². The molecule has 0 bridgehead atoms. The molecule has 0 aliphatic heterocycles. The Kier molecular flexibility index (Phi) is 3.60. The topological polar surface area (TPSA) is 126 Å². The van der Waals surface area contributed by atoms with Crippen molar-refractivity contribution in [2.24, 2.45) is 0 Å². The third-order valence-corrected chi connectivity index (χ3v) is 5.27. The molecule has 8 nitrogen and oxygen atoms in total. The molecule has 4 aromatic rings. The van der Waals surface area contributed by atoms with Crippen LogP contribution in [-0.2, 0) is 11.3 Å². The zero-order chi connectivity index (χ0) is 21.2. The number of hydrogen-bond donors (Lipinski definition) is 2. The van der Waals surface area contributed by atoms with E-state index in [4.69, 9.17) is 0 Å². The summed E-state index contributed by atoms with van der Waals surface area (Å²) in [7, 11) is 0. The molecular weight excluding hydrogens is 388 g/mol. The van der Waals surface area contributed by atoms with E-state index in [1.54, 1.807) is 30.3 Å². The van der Waals surface area contributed by atoms with E-state index in [-0.39, 0.29) is 33.2 Å². The van der Waals surface area contributed by atoms with Crippen molar-refractivity contribution in [2.45, 2.75) is 6.54 Å². The molecular formula is C22H12N2O6. The molecule has 2 aromatic carbocycles. The molecule has 0 fully saturated rings. The van der Waals surface area contributed by atoms with E-state index in [0.29, 0.717) is 5.52 Å². The minimum Gasteiger partial charge on any atom is -0.480 e. The van der Waals surface area contributed by atoms with Crippen LogP contribution in [0.25, 0.3) is 21.8 Å². The number of carbonyl (C=O) groups is 3. The highest BCUT2D eigenvalue weighted by molar-refractivity contribution is 6.28. The SMILES string of the molecule is O=C(O)Cn1c2c(c(=O)c3ccccc31)C(=O)c1[nH]c3ccccc3c(=O)c1C2=O. The summed E-state index contributed by atoms with van der Waals surface area (Å²) in [6, 6.07) is 12.5. The summed E-state index contributed by atoms with van der Waals surface area (Å²) in [5.74, 6) is -2.92. The number of nitrogens with zero attached hydrogens (tertiary/aromatic N) is 1. The van der Waals surface area contributed by atoms with Crippen LogP contribution in [0, 0.1) is 0 Å². The number of benzene rings is 2. The lowest BCUT2D eigenvalue weighted by atomic mass is 9.87. The Labute approximate surface area is 167 Å². The van der Waals surface area contributed by atoms with E-state index in [1.165, 1.54) is 18.2 Å². The molecule has 8 heteroatoms. The van der Waals surface area contributed by atoms with Gasteiger partial charge in [0.05, 0.1) is 16.6 Å². The third kappa shape index (κ3) is 2.24. The smallest absolute Gasteiger partial charge is 0.323 e. The van der Waals surface area contributed by atoms with Gasteiger partial charge >= 0.3 is 5.97 Å². The summed E-state index contributed by atoms with van der Waals surface area (Å²) in [5, 5.41) is 9.71. The van der Waals surface area contributed by atoms with Crippen molar-refractivity contribution in [1.82, 2.24) is 9.55 Å². The molecule has 5 rings (SSSR count). The van der Waals surface area contributed by atoms with E-state index in [0.717, 1.165) is 4.57 Å². The maximum atomic E-state index is 13.4. The highest BCUT2D eigenvalue weighted by Crippen LogP contribution is 2.27. The number of H-pyrrole nitrogens is 1. The van der Waals surface area contributed by atoms with E-state index in [1.807, 2.05) is 0 Å². The van der Waals surface area contributed by atoms with Crippen LogP contribution in [0.2, 0.25) is 0 Å². The fraction of sp³-hybridized carbons (Fsp3) is 0.0455. The first-order valence-corrected chi connectivity index (χ1v) is 9.02. The molecule has 0 unspecified atom stereocenters. The molecule has 1 aliphatic rings. The second-order valence-corrected chi connectivity index (χ2v) is 6.96. The fourth-order valence-corrected chi connectivity index (χ4v) is 4.01. The van der Waals surface area contributed by atoms with E-state index < -0.39 is 40.5 Å². The summed E-state index contributed by atoms with van der Waals surface area (Å²) in [6.45, 7) is -0.650. The van der Waals surface area contributed by atoms with E-state index in [9.17, 15) is 29.1 Å². The van der Waals surface area contributed by atoms with Crippen LogP contribution >= 0.6 is 0 Å². The molecule has 0 saturated heterocycles. The summed E-state index contributed by atoms with van der Waals surface area (Å²) in [6.07, 6.45) is 0. The van der Waals surface area contributed by atoms with Gasteiger partial charge in [0.1, 0.15) is 17.9 Å². The Bertz CT molecular complexity index is 1570. The average molecular weight is 400 g/mol. The number of carbonyl (C=O) groups excluding carboxylic acids is 2. The Morgan fingerprint density at radius 1 is 0.833 bits per heavy atom. The van der Waals surface area contributed by atoms with Crippen LogP contribution in [0.4, 0.5) is 0 Å². The van der Waals surface area contributed by atoms with Crippen molar-refractivity contribution in [3.05, 3.63) is 91.5 Å². The number of hydrogen-bond acceptors (Lipinski definition) is 5. The monoisotopic (exact) mass is 400 g/mol. The van der Waals surface area contributed by atoms with Crippen LogP contribution in [0.5, 0.6) is 0 Å². The number of aliphatic carboxylic acids is 1. The lowest BCUT2D eigenvalue weighted by Gasteiger charge is -2.22. The van der Waals surface area contributed by atoms with Gasteiger partial charge in [-0.1, -0.05) is 24.3 Å². The number of carboxylic acid groups (broad SMARTS) is 1. The number of ketones is 2. The van der Waals surface area contributed by atoms with Crippen LogP contribution in [-0.4, -0.2) is 32.2 Å². The Balaban J connectivity index is 1.97. The van der Waals surface area contributed by atoms with Crippen molar-refractivity contribution in [1.29, 1.82) is 0 Å². The molecule has 146 valence electrons. The quantitative estimate of drug-likeness (QED) is 0.464. The number of pyridine rings is 2. The van der Waals surface area contributed by atoms with Crippen molar-refractivity contribution in [3.8, 4) is 0 Å². The molecule has 2 N–H and O–H groups in total. The number of nitrogens with one attached hydrogen (secondary N) is 1. The van der Waals surface area contributed by atoms with Crippen molar-refractivity contribution in [2.75, 3.05) is 0 Å². The Hall–Kier alpha value is -4.33. The normalized spacial score (nSPS) is 12.8. The Morgan fingerprint density at radius 3 is 2.20 bits per heavy atom. The molecule has 0 radical (unpaired) electrons. The standard InChI is InChI=1S/C22H12N2O6/c25-14(26)9-24-13-8-4-2-6-11(13)20(28)16-18(24)22(30)15-17(21(16)29)23-12-7-3-1-5-10(12)19(15)27/h1-8H,9H2,(H,23,27)(H,25,26). The van der Waals surface area contributed by atoms with Crippen molar-refractivity contribution < 1.29 is 19.5 Å². The predicted octanol–water partition coefficient (Wildman–Crippen LogP) is 1.70. The number of fused-ring (bicyclic) bond motifs is 4. The molecule has 30 heavy (non-hydrogen) atoms. The van der Waals surface area contributed by atoms with Gasteiger partial charge in [-0.25, -0.2) is 0 Å². The van der Waals surface area contributed by atoms with Crippen LogP contribution in [0.15, 0.2) is 58.1 Å². The van der Waals surface area contributed by atoms with Gasteiger partial charge in [-0.15, -0.1) is 0 Å². The van der Waals surface area contributed by atoms with Crippen LogP contribution in [0.3, 0.4) is 0 Å². The molecule has 0 amide bonds. The number of para-hydroxylation sites is 2. The lowest BCUT2D eigenvalue weighted by molar-refractivity contribution is -0.137. The minimum absolute atomic E-state index is 0.116. The zero-order valence-electron chi connectivity index (χ0n) is 15.3. The minimum atomic E-state index is -1.26. The number of aromatic amines is 1. The van der Waals surface area contributed by atoms with Crippen molar-refractivity contribution in [3.63, 3.8) is 0 Å². The molecule has 0 atom stereocenters. The van der Waals surface area contributed by atoms with Crippen molar-refractivity contribution >= 4 is 39.3 Å². The van der Waals surface area contributed by atoms with Gasteiger partial charge in [0, 0.05) is 16.3 Å². The average Bonchev–Trinajstić information content (AvgIpc) is 2.73. The van der Waals surface area contributed by atoms with Crippen LogP contribution in [0.1, 0.15) is 32.1 Å². The summed E-state index contributed by atoms with van der Waals surface area (Å²) in [4.78, 5) is 67.1. The first kappa shape index (κ1) is 17.7. The van der Waals surface area contributed by atoms with Gasteiger partial charge in [-0.3, -0.25) is 24.0 Å². The first-order chi connectivity index (χ1) is 14.4. The second kappa shape index (κ2) is 6.08. The zero-order valence-corrected chi connectivity index (χ0v) is 15.3. The maximum Gasteiger partial charge on any atom is 0.323 e. The molecule has 0 spiro atoms. The number of rotatable bonds is 2. The highest BCUT2D eigenvalue weighted by atomic mass is 16.4. The maximum absolute atomic E-state index is 13.4. The summed E-state index contributed by atoms with van der Waals surface area (Å²) < 4.78 is 1.12. The number of carboxylic acids is 1. The van der Waals surface area contributed by atoms with E-state index >= 15 is 0 Å². The molecule has 2 aromatic heterocycles. The summed E-state index contributed by atoms with van der Waals surface area (Å²) in [5.41, 5.74) is -2.22. The van der Waals surface area contributed by atoms with E-state index in [2.05, 4.69) is 4.98 Å². The predicted molar refractivity (Wildman–Crippen MR) is 107 cm³/mol. The first-order valence-electron chi connectivity index (χ1n) is 9.02. The molecule has 0 saturated carbocycles. The largest absolute Gasteiger partial charge is 0.480 e. The lowest BCUT2D eigenvalue weighted by Crippen LogP contribution is -2.37. The molecule has 2 heterocycles. The Morgan fingerprint density at radius 2 is 1.47 bits per heavy atom. The van der Waals surface area contributed by atoms with Gasteiger partial charge in [-0.2, -0.15) is 0 Å². The number of aromatic nitrogens is 2. The molecule has 1 aliphatic carbocycles. The van der Waals surface area contributed by atoms with Gasteiger partial charge < -0.3 is 14.7 Å². The summed E-state index contributed by atoms with van der Waals surface area (Å²) >= 11 is 0.